The molecule has 1 aromatic rings. The smallest absolute Gasteiger partial charge is 0.221 e. The zero-order chi connectivity index (χ0) is 12.5. The molecule has 1 fully saturated rings. The molecule has 1 unspecified atom stereocenters. The van der Waals surface area contributed by atoms with Gasteiger partial charge in [-0.25, -0.2) is 4.98 Å². The number of thiazole rings is 1. The predicted octanol–water partition coefficient (Wildman–Crippen LogP) is 1.42. The first kappa shape index (κ1) is 12.5. The Morgan fingerprint density at radius 1 is 1.59 bits per heavy atom. The van der Waals surface area contributed by atoms with Crippen molar-refractivity contribution >= 4 is 17.2 Å². The third-order valence-corrected chi connectivity index (χ3v) is 4.06. The molecule has 1 saturated heterocycles. The van der Waals surface area contributed by atoms with E-state index in [2.05, 4.69) is 41.8 Å². The van der Waals surface area contributed by atoms with Crippen LogP contribution in [0.4, 0.5) is 0 Å². The molecule has 0 saturated carbocycles. The number of amides is 1. The number of hydrogen-bond acceptors (Lipinski definition) is 4. The Balaban J connectivity index is 1.87. The maximum atomic E-state index is 11.0. The van der Waals surface area contributed by atoms with Crippen molar-refractivity contribution in [2.45, 2.75) is 45.2 Å². The molecular weight excluding hydrogens is 234 g/mol. The van der Waals surface area contributed by atoms with Gasteiger partial charge in [-0.2, -0.15) is 0 Å². The summed E-state index contributed by atoms with van der Waals surface area (Å²) in [4.78, 5) is 15.6. The van der Waals surface area contributed by atoms with Crippen molar-refractivity contribution in [2.24, 2.45) is 0 Å². The van der Waals surface area contributed by atoms with Gasteiger partial charge in [0.1, 0.15) is 0 Å². The van der Waals surface area contributed by atoms with Crippen molar-refractivity contribution in [3.05, 3.63) is 16.1 Å². The molecular formula is C12H19N3OS. The summed E-state index contributed by atoms with van der Waals surface area (Å²) < 4.78 is 0. The molecule has 1 aliphatic heterocycles. The summed E-state index contributed by atoms with van der Waals surface area (Å²) in [5, 5.41) is 9.43. The summed E-state index contributed by atoms with van der Waals surface area (Å²) >= 11 is 1.71. The van der Waals surface area contributed by atoms with E-state index in [9.17, 15) is 4.79 Å². The average molecular weight is 253 g/mol. The number of hydrogen-bond donors (Lipinski definition) is 2. The number of rotatable bonds is 3. The Hall–Kier alpha value is -0.940. The molecule has 0 aliphatic carbocycles. The Bertz CT molecular complexity index is 408. The largest absolute Gasteiger partial charge is 0.354 e. The van der Waals surface area contributed by atoms with E-state index in [-0.39, 0.29) is 17.4 Å². The SMILES string of the molecule is CC(C)(C)c1nc(CNC2CNC(=O)C2)cs1. The van der Waals surface area contributed by atoms with Crippen molar-refractivity contribution in [2.75, 3.05) is 6.54 Å². The second kappa shape index (κ2) is 4.74. The Labute approximate surface area is 106 Å². The fraction of sp³-hybridized carbons (Fsp3) is 0.667. The Morgan fingerprint density at radius 3 is 2.88 bits per heavy atom. The maximum absolute atomic E-state index is 11.0. The highest BCUT2D eigenvalue weighted by Crippen LogP contribution is 2.25. The third-order valence-electron chi connectivity index (χ3n) is 2.74. The summed E-state index contributed by atoms with van der Waals surface area (Å²) in [6, 6.07) is 0.252. The van der Waals surface area contributed by atoms with Gasteiger partial charge in [-0.3, -0.25) is 4.79 Å². The van der Waals surface area contributed by atoms with Crippen LogP contribution in [0, 0.1) is 0 Å². The van der Waals surface area contributed by atoms with Crippen LogP contribution in [0.15, 0.2) is 5.38 Å². The zero-order valence-electron chi connectivity index (χ0n) is 10.5. The summed E-state index contributed by atoms with van der Waals surface area (Å²) in [7, 11) is 0. The molecule has 5 heteroatoms. The number of carbonyl (C=O) groups is 1. The van der Waals surface area contributed by atoms with Crippen LogP contribution in [0.1, 0.15) is 37.9 Å². The van der Waals surface area contributed by atoms with Gasteiger partial charge < -0.3 is 10.6 Å². The topological polar surface area (TPSA) is 54.0 Å². The van der Waals surface area contributed by atoms with Gasteiger partial charge in [-0.15, -0.1) is 11.3 Å². The normalized spacial score (nSPS) is 20.6. The molecule has 0 bridgehead atoms. The number of nitrogens with zero attached hydrogens (tertiary/aromatic N) is 1. The quantitative estimate of drug-likeness (QED) is 0.856. The molecule has 17 heavy (non-hydrogen) atoms. The fourth-order valence-electron chi connectivity index (χ4n) is 1.73. The van der Waals surface area contributed by atoms with Gasteiger partial charge in [0.05, 0.1) is 10.7 Å². The van der Waals surface area contributed by atoms with Crippen molar-refractivity contribution in [1.82, 2.24) is 15.6 Å². The van der Waals surface area contributed by atoms with E-state index in [4.69, 9.17) is 0 Å². The second-order valence-corrected chi connectivity index (χ2v) is 6.34. The predicted molar refractivity (Wildman–Crippen MR) is 69.1 cm³/mol. The summed E-state index contributed by atoms with van der Waals surface area (Å²) in [6.07, 6.45) is 0.580. The lowest BCUT2D eigenvalue weighted by atomic mass is 9.98. The maximum Gasteiger partial charge on any atom is 0.221 e. The molecule has 1 aromatic heterocycles. The van der Waals surface area contributed by atoms with Crippen LogP contribution in [0.3, 0.4) is 0 Å². The number of nitrogens with one attached hydrogen (secondary N) is 2. The first-order valence-corrected chi connectivity index (χ1v) is 6.78. The van der Waals surface area contributed by atoms with E-state index in [0.29, 0.717) is 6.42 Å². The molecule has 0 aromatic carbocycles. The van der Waals surface area contributed by atoms with E-state index in [1.807, 2.05) is 0 Å². The van der Waals surface area contributed by atoms with Crippen molar-refractivity contribution in [3.8, 4) is 0 Å². The molecule has 1 amide bonds. The molecule has 4 nitrogen and oxygen atoms in total. The number of carbonyl (C=O) groups excluding carboxylic acids is 1. The van der Waals surface area contributed by atoms with E-state index >= 15 is 0 Å². The average Bonchev–Trinajstić information content (AvgIpc) is 2.82. The third kappa shape index (κ3) is 3.26. The summed E-state index contributed by atoms with van der Waals surface area (Å²) in [6.45, 7) is 7.98. The van der Waals surface area contributed by atoms with Gasteiger partial charge in [0.2, 0.25) is 5.91 Å². The first-order valence-electron chi connectivity index (χ1n) is 5.90. The van der Waals surface area contributed by atoms with Crippen LogP contribution < -0.4 is 10.6 Å². The monoisotopic (exact) mass is 253 g/mol. The van der Waals surface area contributed by atoms with Crippen LogP contribution >= 0.6 is 11.3 Å². The highest BCUT2D eigenvalue weighted by molar-refractivity contribution is 7.09. The van der Waals surface area contributed by atoms with E-state index in [1.165, 1.54) is 0 Å². The molecule has 1 atom stereocenters. The standard InChI is InChI=1S/C12H19N3OS/c1-12(2,3)11-15-9(7-17-11)6-13-8-4-10(16)14-5-8/h7-8,13H,4-6H2,1-3H3,(H,14,16). The summed E-state index contributed by atoms with van der Waals surface area (Å²) in [5.74, 6) is 0.135. The highest BCUT2D eigenvalue weighted by Gasteiger charge is 2.21. The van der Waals surface area contributed by atoms with Crippen molar-refractivity contribution < 1.29 is 4.79 Å². The molecule has 2 heterocycles. The minimum atomic E-state index is 0.119. The second-order valence-electron chi connectivity index (χ2n) is 5.48. The fourth-order valence-corrected chi connectivity index (χ4v) is 2.64. The summed E-state index contributed by atoms with van der Waals surface area (Å²) in [5.41, 5.74) is 1.19. The molecule has 1 aliphatic rings. The Morgan fingerprint density at radius 2 is 2.35 bits per heavy atom. The molecule has 2 rings (SSSR count). The van der Waals surface area contributed by atoms with Crippen LogP contribution in [-0.4, -0.2) is 23.5 Å². The lowest BCUT2D eigenvalue weighted by Gasteiger charge is -2.13. The highest BCUT2D eigenvalue weighted by atomic mass is 32.1. The van der Waals surface area contributed by atoms with Crippen LogP contribution in [0.2, 0.25) is 0 Å². The van der Waals surface area contributed by atoms with E-state index in [0.717, 1.165) is 23.8 Å². The van der Waals surface area contributed by atoms with Gasteiger partial charge >= 0.3 is 0 Å². The minimum Gasteiger partial charge on any atom is -0.354 e. The van der Waals surface area contributed by atoms with E-state index < -0.39 is 0 Å². The van der Waals surface area contributed by atoms with E-state index in [1.54, 1.807) is 11.3 Å². The molecule has 2 N–H and O–H groups in total. The zero-order valence-corrected chi connectivity index (χ0v) is 11.4. The van der Waals surface area contributed by atoms with Crippen molar-refractivity contribution in [3.63, 3.8) is 0 Å². The first-order chi connectivity index (χ1) is 7.95. The molecule has 0 radical (unpaired) electrons. The van der Waals surface area contributed by atoms with Crippen LogP contribution in [0.5, 0.6) is 0 Å². The molecule has 94 valence electrons. The van der Waals surface area contributed by atoms with Gasteiger partial charge in [-0.1, -0.05) is 20.8 Å². The lowest BCUT2D eigenvalue weighted by Crippen LogP contribution is -2.30. The van der Waals surface area contributed by atoms with Gasteiger partial charge in [0.15, 0.2) is 0 Å². The Kier molecular flexibility index (Phi) is 3.49. The minimum absolute atomic E-state index is 0.119. The lowest BCUT2D eigenvalue weighted by molar-refractivity contribution is -0.119. The van der Waals surface area contributed by atoms with Gasteiger partial charge in [0, 0.05) is 36.3 Å². The van der Waals surface area contributed by atoms with Crippen LogP contribution in [-0.2, 0) is 16.8 Å². The van der Waals surface area contributed by atoms with Crippen LogP contribution in [0.25, 0.3) is 0 Å². The van der Waals surface area contributed by atoms with Gasteiger partial charge in [0.25, 0.3) is 0 Å². The van der Waals surface area contributed by atoms with Gasteiger partial charge in [-0.05, 0) is 0 Å². The number of aromatic nitrogens is 1. The van der Waals surface area contributed by atoms with Crippen molar-refractivity contribution in [1.29, 1.82) is 0 Å². The molecule has 0 spiro atoms.